The van der Waals surface area contributed by atoms with Crippen LogP contribution in [0.5, 0.6) is 0 Å². The first-order chi connectivity index (χ1) is 6.77. The fourth-order valence-corrected chi connectivity index (χ4v) is 2.03. The Morgan fingerprint density at radius 3 is 2.21 bits per heavy atom. The summed E-state index contributed by atoms with van der Waals surface area (Å²) in [5.74, 6) is 1.04. The summed E-state index contributed by atoms with van der Waals surface area (Å²) in [5, 5.41) is 12.1. The summed E-state index contributed by atoms with van der Waals surface area (Å²) < 4.78 is 0. The molecule has 0 aromatic heterocycles. The lowest BCUT2D eigenvalue weighted by Crippen LogP contribution is -2.30. The van der Waals surface area contributed by atoms with Crippen molar-refractivity contribution in [3.63, 3.8) is 0 Å². The number of nitriles is 1. The second kappa shape index (κ2) is 7.82. The lowest BCUT2D eigenvalue weighted by Gasteiger charge is -2.19. The van der Waals surface area contributed by atoms with E-state index in [1.807, 2.05) is 20.9 Å². The van der Waals surface area contributed by atoms with Gasteiger partial charge in [0.05, 0.1) is 6.07 Å². The summed E-state index contributed by atoms with van der Waals surface area (Å²) in [4.78, 5) is 0. The second-order valence-corrected chi connectivity index (χ2v) is 3.85. The van der Waals surface area contributed by atoms with E-state index in [4.69, 9.17) is 5.26 Å². The largest absolute Gasteiger partial charge is 0.317 e. The Hall–Kier alpha value is -0.550. The molecule has 0 radical (unpaired) electrons. The topological polar surface area (TPSA) is 35.8 Å². The van der Waals surface area contributed by atoms with Crippen LogP contribution in [0.2, 0.25) is 0 Å². The van der Waals surface area contributed by atoms with E-state index >= 15 is 0 Å². The fraction of sp³-hybridized carbons (Fsp3) is 0.917. The molecule has 3 unspecified atom stereocenters. The molecule has 82 valence electrons. The van der Waals surface area contributed by atoms with Crippen molar-refractivity contribution in [2.45, 2.75) is 52.5 Å². The van der Waals surface area contributed by atoms with Crippen LogP contribution in [0, 0.1) is 23.2 Å². The first-order valence-corrected chi connectivity index (χ1v) is 5.84. The quantitative estimate of drug-likeness (QED) is 0.654. The third kappa shape index (κ3) is 4.11. The average Bonchev–Trinajstić information content (AvgIpc) is 2.43. The molecule has 1 aliphatic rings. The Kier molecular flexibility index (Phi) is 7.51. The molecule has 1 N–H and O–H groups in total. The molecule has 0 bridgehead atoms. The molecular weight excluding hydrogens is 172 g/mol. The average molecular weight is 196 g/mol. The van der Waals surface area contributed by atoms with Gasteiger partial charge in [-0.3, -0.25) is 0 Å². The van der Waals surface area contributed by atoms with E-state index in [-0.39, 0.29) is 0 Å². The molecule has 1 aliphatic carbocycles. The van der Waals surface area contributed by atoms with Gasteiger partial charge in [-0.15, -0.1) is 0 Å². The van der Waals surface area contributed by atoms with Gasteiger partial charge in [-0.1, -0.05) is 20.8 Å². The Bertz CT molecular complexity index is 172. The van der Waals surface area contributed by atoms with Crippen LogP contribution in [0.1, 0.15) is 46.5 Å². The fourth-order valence-electron chi connectivity index (χ4n) is 2.03. The highest BCUT2D eigenvalue weighted by molar-refractivity contribution is 4.88. The Balaban J connectivity index is 0.000000791. The van der Waals surface area contributed by atoms with E-state index < -0.39 is 0 Å². The smallest absolute Gasteiger partial charge is 0.0655 e. The van der Waals surface area contributed by atoms with Crippen molar-refractivity contribution in [3.8, 4) is 6.07 Å². The van der Waals surface area contributed by atoms with E-state index in [0.29, 0.717) is 12.0 Å². The number of hydrogen-bond acceptors (Lipinski definition) is 2. The zero-order valence-electron chi connectivity index (χ0n) is 10.0. The molecule has 1 fully saturated rings. The van der Waals surface area contributed by atoms with Gasteiger partial charge in [-0.25, -0.2) is 0 Å². The maximum Gasteiger partial charge on any atom is 0.0655 e. The molecule has 1 saturated carbocycles. The molecule has 2 heteroatoms. The minimum absolute atomic E-state index is 0.311. The Labute approximate surface area is 88.7 Å². The first-order valence-electron chi connectivity index (χ1n) is 5.84. The van der Waals surface area contributed by atoms with Crippen molar-refractivity contribution in [2.75, 3.05) is 7.05 Å². The molecule has 0 aliphatic heterocycles. The van der Waals surface area contributed by atoms with Crippen LogP contribution in [0.25, 0.3) is 0 Å². The molecule has 0 aromatic rings. The van der Waals surface area contributed by atoms with Crippen molar-refractivity contribution in [3.05, 3.63) is 0 Å². The van der Waals surface area contributed by atoms with Crippen LogP contribution in [0.4, 0.5) is 0 Å². The van der Waals surface area contributed by atoms with Crippen molar-refractivity contribution < 1.29 is 0 Å². The zero-order valence-corrected chi connectivity index (χ0v) is 10.0. The van der Waals surface area contributed by atoms with E-state index in [2.05, 4.69) is 18.3 Å². The minimum Gasteiger partial charge on any atom is -0.317 e. The van der Waals surface area contributed by atoms with E-state index in [1.54, 1.807) is 0 Å². The van der Waals surface area contributed by atoms with Crippen molar-refractivity contribution >= 4 is 0 Å². The first kappa shape index (κ1) is 13.4. The van der Waals surface area contributed by atoms with Crippen LogP contribution in [0.3, 0.4) is 0 Å². The van der Waals surface area contributed by atoms with Gasteiger partial charge in [-0.05, 0) is 38.6 Å². The van der Waals surface area contributed by atoms with Crippen molar-refractivity contribution in [2.24, 2.45) is 11.8 Å². The number of nitrogens with one attached hydrogen (secondary N) is 1. The maximum absolute atomic E-state index is 8.79. The predicted molar refractivity (Wildman–Crippen MR) is 60.9 cm³/mol. The maximum atomic E-state index is 8.79. The van der Waals surface area contributed by atoms with Crippen LogP contribution >= 0.6 is 0 Å². The van der Waals surface area contributed by atoms with E-state index in [0.717, 1.165) is 25.2 Å². The summed E-state index contributed by atoms with van der Waals surface area (Å²) in [7, 11) is 2.02. The second-order valence-electron chi connectivity index (χ2n) is 3.85. The van der Waals surface area contributed by atoms with Crippen LogP contribution in [0.15, 0.2) is 0 Å². The highest BCUT2D eigenvalue weighted by Crippen LogP contribution is 2.26. The van der Waals surface area contributed by atoms with Crippen LogP contribution < -0.4 is 5.32 Å². The summed E-state index contributed by atoms with van der Waals surface area (Å²) in [5.41, 5.74) is 0. The van der Waals surface area contributed by atoms with Gasteiger partial charge in [-0.2, -0.15) is 5.26 Å². The minimum atomic E-state index is 0.311. The third-order valence-corrected chi connectivity index (χ3v) is 3.04. The Morgan fingerprint density at radius 2 is 1.71 bits per heavy atom. The molecule has 1 rings (SSSR count). The summed E-state index contributed by atoms with van der Waals surface area (Å²) in [6, 6.07) is 3.01. The van der Waals surface area contributed by atoms with Gasteiger partial charge in [0.15, 0.2) is 0 Å². The number of hydrogen-bond donors (Lipinski definition) is 1. The normalized spacial score (nSPS) is 32.1. The SMILES string of the molecule is CC.CNC1CCC(C#N)CCC1C. The molecule has 0 spiro atoms. The summed E-state index contributed by atoms with van der Waals surface area (Å²) in [6.45, 7) is 6.28. The predicted octanol–water partition coefficient (Wildman–Crippen LogP) is 2.95. The molecule has 0 aromatic carbocycles. The molecule has 0 amide bonds. The van der Waals surface area contributed by atoms with Crippen LogP contribution in [-0.2, 0) is 0 Å². The van der Waals surface area contributed by atoms with Gasteiger partial charge in [0.25, 0.3) is 0 Å². The van der Waals surface area contributed by atoms with Gasteiger partial charge in [0.2, 0.25) is 0 Å². The Morgan fingerprint density at radius 1 is 1.14 bits per heavy atom. The molecule has 0 heterocycles. The molecule has 0 saturated heterocycles. The third-order valence-electron chi connectivity index (χ3n) is 3.04. The van der Waals surface area contributed by atoms with Crippen molar-refractivity contribution in [1.29, 1.82) is 5.26 Å². The summed E-state index contributed by atoms with van der Waals surface area (Å²) in [6.07, 6.45) is 4.53. The monoisotopic (exact) mass is 196 g/mol. The van der Waals surface area contributed by atoms with Crippen molar-refractivity contribution in [1.82, 2.24) is 5.32 Å². The lowest BCUT2D eigenvalue weighted by molar-refractivity contribution is 0.379. The highest BCUT2D eigenvalue weighted by atomic mass is 14.9. The highest BCUT2D eigenvalue weighted by Gasteiger charge is 2.22. The van der Waals surface area contributed by atoms with Gasteiger partial charge < -0.3 is 5.32 Å². The van der Waals surface area contributed by atoms with E-state index in [9.17, 15) is 0 Å². The molecule has 3 atom stereocenters. The van der Waals surface area contributed by atoms with Gasteiger partial charge in [0, 0.05) is 12.0 Å². The van der Waals surface area contributed by atoms with E-state index in [1.165, 1.54) is 6.42 Å². The number of nitrogens with zero attached hydrogens (tertiary/aromatic N) is 1. The van der Waals surface area contributed by atoms with Gasteiger partial charge >= 0.3 is 0 Å². The van der Waals surface area contributed by atoms with Gasteiger partial charge in [0.1, 0.15) is 0 Å². The summed E-state index contributed by atoms with van der Waals surface area (Å²) >= 11 is 0. The lowest BCUT2D eigenvalue weighted by atomic mass is 9.97. The molecular formula is C12H24N2. The molecule has 2 nitrogen and oxygen atoms in total. The standard InChI is InChI=1S/C10H18N2.C2H6/c1-8-3-4-9(7-11)5-6-10(8)12-2;1-2/h8-10,12H,3-6H2,1-2H3;1-2H3. The number of rotatable bonds is 1. The molecule has 14 heavy (non-hydrogen) atoms. The zero-order chi connectivity index (χ0) is 11.0. The van der Waals surface area contributed by atoms with Crippen LogP contribution in [-0.4, -0.2) is 13.1 Å².